The Hall–Kier alpha value is -3.71. The van der Waals surface area contributed by atoms with Gasteiger partial charge in [-0.3, -0.25) is 14.4 Å². The van der Waals surface area contributed by atoms with E-state index in [0.717, 1.165) is 11.3 Å². The highest BCUT2D eigenvalue weighted by Gasteiger charge is 2.70. The van der Waals surface area contributed by atoms with Crippen molar-refractivity contribution in [2.24, 2.45) is 5.92 Å². The minimum atomic E-state index is -1.38. The predicted molar refractivity (Wildman–Crippen MR) is 155 cm³/mol. The van der Waals surface area contributed by atoms with Crippen LogP contribution in [0, 0.1) is 5.92 Å². The maximum atomic E-state index is 14.7. The van der Waals surface area contributed by atoms with Gasteiger partial charge in [-0.25, -0.2) is 0 Å². The molecule has 1 fully saturated rings. The van der Waals surface area contributed by atoms with Crippen LogP contribution in [0.3, 0.4) is 0 Å². The third-order valence-corrected chi connectivity index (χ3v) is 9.50. The van der Waals surface area contributed by atoms with E-state index in [2.05, 4.69) is 5.32 Å². The van der Waals surface area contributed by atoms with Crippen molar-refractivity contribution in [2.45, 2.75) is 17.5 Å². The minimum absolute atomic E-state index is 0.217. The van der Waals surface area contributed by atoms with Crippen LogP contribution in [0.5, 0.6) is 0 Å². The molecule has 4 aromatic rings. The summed E-state index contributed by atoms with van der Waals surface area (Å²) in [5.41, 5.74) is 1.80. The molecule has 8 heteroatoms. The molecule has 1 spiro atoms. The van der Waals surface area contributed by atoms with E-state index in [1.54, 1.807) is 36.4 Å². The van der Waals surface area contributed by atoms with E-state index in [9.17, 15) is 14.4 Å². The zero-order chi connectivity index (χ0) is 26.9. The molecule has 192 valence electrons. The van der Waals surface area contributed by atoms with Gasteiger partial charge in [0.05, 0.1) is 21.9 Å². The molecule has 0 unspecified atom stereocenters. The quantitative estimate of drug-likeness (QED) is 0.271. The van der Waals surface area contributed by atoms with Crippen LogP contribution in [0.2, 0.25) is 10.0 Å². The number of amides is 1. The second-order valence-electron chi connectivity index (χ2n) is 9.89. The van der Waals surface area contributed by atoms with Gasteiger partial charge in [0.25, 0.3) is 0 Å². The first-order valence-corrected chi connectivity index (χ1v) is 14.1. The average molecular weight is 571 g/mol. The van der Waals surface area contributed by atoms with E-state index in [1.165, 1.54) is 11.3 Å². The van der Waals surface area contributed by atoms with Crippen LogP contribution in [0.4, 0.5) is 11.4 Å². The summed E-state index contributed by atoms with van der Waals surface area (Å²) in [6.07, 6.45) is 3.85. The lowest BCUT2D eigenvalue weighted by molar-refractivity contribution is -0.121. The molecule has 5 nitrogen and oxygen atoms in total. The van der Waals surface area contributed by atoms with Crippen LogP contribution in [-0.4, -0.2) is 29.6 Å². The van der Waals surface area contributed by atoms with Gasteiger partial charge in [0, 0.05) is 22.0 Å². The molecular formula is C31H20Cl2N2O3S. The van der Waals surface area contributed by atoms with Crippen molar-refractivity contribution in [1.82, 2.24) is 0 Å². The summed E-state index contributed by atoms with van der Waals surface area (Å²) in [6, 6.07) is 21.7. The Kier molecular flexibility index (Phi) is 5.56. The largest absolute Gasteiger partial charge is 0.352 e. The van der Waals surface area contributed by atoms with Crippen LogP contribution in [0.15, 0.2) is 90.3 Å². The van der Waals surface area contributed by atoms with Gasteiger partial charge >= 0.3 is 0 Å². The molecule has 1 aromatic heterocycles. The normalized spacial score (nSPS) is 24.3. The number of halogens is 2. The Morgan fingerprint density at radius 1 is 0.923 bits per heavy atom. The van der Waals surface area contributed by atoms with Gasteiger partial charge in [0.15, 0.2) is 11.6 Å². The molecule has 1 amide bonds. The van der Waals surface area contributed by atoms with Crippen LogP contribution in [0.1, 0.15) is 31.2 Å². The third kappa shape index (κ3) is 3.35. The van der Waals surface area contributed by atoms with Gasteiger partial charge in [-0.1, -0.05) is 71.8 Å². The van der Waals surface area contributed by atoms with E-state index in [-0.39, 0.29) is 28.1 Å². The van der Waals surface area contributed by atoms with Gasteiger partial charge in [0.1, 0.15) is 11.5 Å². The summed E-state index contributed by atoms with van der Waals surface area (Å²) >= 11 is 14.2. The number of ketones is 2. The standard InChI is InChI=1S/C31H20Cl2N2O3S/c32-18-12-13-23-17(16-18)11-14-25-31(20-7-2-4-9-22(20)34-30(31)38)26(28(36)19-6-1-3-8-21(19)33)27(35(23)25)29(37)24-10-5-15-39-24/h1-16,25-27H,(H,34,38)/t25-,26+,27-,31+/m1/s1. The summed E-state index contributed by atoms with van der Waals surface area (Å²) in [4.78, 5) is 45.9. The number of para-hydroxylation sites is 1. The number of anilines is 2. The maximum absolute atomic E-state index is 14.7. The highest BCUT2D eigenvalue weighted by molar-refractivity contribution is 7.12. The van der Waals surface area contributed by atoms with Crippen molar-refractivity contribution in [2.75, 3.05) is 10.2 Å². The van der Waals surface area contributed by atoms with E-state index < -0.39 is 23.4 Å². The fourth-order valence-corrected chi connectivity index (χ4v) is 7.65. The van der Waals surface area contributed by atoms with Crippen LogP contribution >= 0.6 is 34.5 Å². The molecule has 1 saturated heterocycles. The van der Waals surface area contributed by atoms with Crippen LogP contribution in [0.25, 0.3) is 6.08 Å². The molecule has 3 aliphatic heterocycles. The fraction of sp³-hybridized carbons (Fsp3) is 0.129. The van der Waals surface area contributed by atoms with Crippen molar-refractivity contribution in [3.05, 3.63) is 122 Å². The Morgan fingerprint density at radius 2 is 1.72 bits per heavy atom. The molecule has 1 N–H and O–H groups in total. The van der Waals surface area contributed by atoms with Crippen molar-refractivity contribution >= 4 is 69.5 Å². The number of carbonyl (C=O) groups is 3. The summed E-state index contributed by atoms with van der Waals surface area (Å²) in [6.45, 7) is 0. The van der Waals surface area contributed by atoms with Gasteiger partial charge in [0.2, 0.25) is 5.91 Å². The Morgan fingerprint density at radius 3 is 2.51 bits per heavy atom. The van der Waals surface area contributed by atoms with Crippen LogP contribution < -0.4 is 10.2 Å². The predicted octanol–water partition coefficient (Wildman–Crippen LogP) is 6.91. The topological polar surface area (TPSA) is 66.5 Å². The lowest BCUT2D eigenvalue weighted by Crippen LogP contribution is -2.51. The minimum Gasteiger partial charge on any atom is -0.352 e. The van der Waals surface area contributed by atoms with E-state index in [0.29, 0.717) is 21.2 Å². The zero-order valence-corrected chi connectivity index (χ0v) is 22.6. The molecule has 4 atom stereocenters. The SMILES string of the molecule is O=C(c1ccccc1Cl)[C@@H]1[C@H](C(=O)c2cccs2)N2c3ccc(Cl)cc3C=C[C@@H]2[C@]12C(=O)Nc1ccccc12. The number of fused-ring (bicyclic) bond motifs is 6. The molecule has 3 aromatic carbocycles. The molecule has 7 rings (SSSR count). The van der Waals surface area contributed by atoms with Crippen molar-refractivity contribution in [1.29, 1.82) is 0 Å². The molecule has 4 heterocycles. The second-order valence-corrected chi connectivity index (χ2v) is 11.7. The van der Waals surface area contributed by atoms with E-state index >= 15 is 0 Å². The van der Waals surface area contributed by atoms with Gasteiger partial charge in [-0.2, -0.15) is 0 Å². The van der Waals surface area contributed by atoms with E-state index in [4.69, 9.17) is 23.2 Å². The Bertz CT molecular complexity index is 1720. The first-order chi connectivity index (χ1) is 18.9. The lowest BCUT2D eigenvalue weighted by atomic mass is 9.64. The summed E-state index contributed by atoms with van der Waals surface area (Å²) in [5, 5.41) is 5.69. The first-order valence-electron chi connectivity index (χ1n) is 12.5. The van der Waals surface area contributed by atoms with Gasteiger partial charge < -0.3 is 10.2 Å². The van der Waals surface area contributed by atoms with Crippen molar-refractivity contribution in [3.63, 3.8) is 0 Å². The number of Topliss-reactive ketones (excluding diaryl/α,β-unsaturated/α-hetero) is 2. The number of rotatable bonds is 4. The molecule has 39 heavy (non-hydrogen) atoms. The smallest absolute Gasteiger partial charge is 0.238 e. The number of hydrogen-bond donors (Lipinski definition) is 1. The number of nitrogens with one attached hydrogen (secondary N) is 1. The second kappa shape index (κ2) is 8.91. The Labute approximate surface area is 238 Å². The monoisotopic (exact) mass is 570 g/mol. The molecule has 0 radical (unpaired) electrons. The lowest BCUT2D eigenvalue weighted by Gasteiger charge is -2.37. The fourth-order valence-electron chi connectivity index (χ4n) is 6.54. The van der Waals surface area contributed by atoms with Gasteiger partial charge in [-0.05, 0) is 59.0 Å². The van der Waals surface area contributed by atoms with Crippen molar-refractivity contribution in [3.8, 4) is 0 Å². The number of thiophene rings is 1. The number of nitrogens with zero attached hydrogens (tertiary/aromatic N) is 1. The maximum Gasteiger partial charge on any atom is 0.238 e. The number of carbonyl (C=O) groups excluding carboxylic acids is 3. The average Bonchev–Trinajstić information content (AvgIpc) is 3.65. The molecular weight excluding hydrogens is 551 g/mol. The van der Waals surface area contributed by atoms with E-state index in [1.807, 2.05) is 64.9 Å². The summed E-state index contributed by atoms with van der Waals surface area (Å²) in [7, 11) is 0. The molecule has 0 aliphatic carbocycles. The summed E-state index contributed by atoms with van der Waals surface area (Å²) in [5.74, 6) is -1.94. The highest BCUT2D eigenvalue weighted by atomic mass is 35.5. The number of benzene rings is 3. The highest BCUT2D eigenvalue weighted by Crippen LogP contribution is 2.58. The van der Waals surface area contributed by atoms with Crippen molar-refractivity contribution < 1.29 is 14.4 Å². The Balaban J connectivity index is 1.56. The summed E-state index contributed by atoms with van der Waals surface area (Å²) < 4.78 is 0. The zero-order valence-electron chi connectivity index (χ0n) is 20.3. The third-order valence-electron chi connectivity index (χ3n) is 8.05. The molecule has 0 saturated carbocycles. The van der Waals surface area contributed by atoms with Gasteiger partial charge in [-0.15, -0.1) is 11.3 Å². The van der Waals surface area contributed by atoms with Crippen LogP contribution in [-0.2, 0) is 10.2 Å². The first kappa shape index (κ1) is 24.3. The molecule has 0 bridgehead atoms. The number of hydrogen-bond acceptors (Lipinski definition) is 5. The molecule has 3 aliphatic rings.